The quantitative estimate of drug-likeness (QED) is 0.792. The molecule has 3 heterocycles. The fraction of sp³-hybridized carbons (Fsp3) is 0.688. The van der Waals surface area contributed by atoms with Crippen molar-refractivity contribution in [1.29, 1.82) is 0 Å². The molecule has 1 aliphatic heterocycles. The summed E-state index contributed by atoms with van der Waals surface area (Å²) in [6.07, 6.45) is 3.99. The van der Waals surface area contributed by atoms with Crippen LogP contribution in [0.15, 0.2) is 23.0 Å². The molecule has 0 aromatic carbocycles. The lowest BCUT2D eigenvalue weighted by Gasteiger charge is -2.37. The Balaban J connectivity index is 1.45. The Hall–Kier alpha value is -1.77. The minimum atomic E-state index is -0.406. The first-order chi connectivity index (χ1) is 11.7. The summed E-state index contributed by atoms with van der Waals surface area (Å²) in [6.45, 7) is 9.04. The Labute approximate surface area is 142 Å². The fourth-order valence-corrected chi connectivity index (χ4v) is 3.05. The molecular formula is C16H26N6O2. The van der Waals surface area contributed by atoms with Gasteiger partial charge in [-0.1, -0.05) is 12.1 Å². The summed E-state index contributed by atoms with van der Waals surface area (Å²) in [4.78, 5) is 9.08. The van der Waals surface area contributed by atoms with Crippen LogP contribution in [0.3, 0.4) is 0 Å². The SMILES string of the molecule is CCc1noc(C(C)N2CCN(CC(O)Cn3cccn3)CC2)n1. The molecule has 8 heteroatoms. The van der Waals surface area contributed by atoms with Crippen LogP contribution in [-0.4, -0.2) is 73.7 Å². The Morgan fingerprint density at radius 3 is 2.67 bits per heavy atom. The number of hydrogen-bond donors (Lipinski definition) is 1. The van der Waals surface area contributed by atoms with E-state index >= 15 is 0 Å². The Bertz CT molecular complexity index is 606. The lowest BCUT2D eigenvalue weighted by molar-refractivity contribution is 0.0459. The highest BCUT2D eigenvalue weighted by atomic mass is 16.5. The number of aliphatic hydroxyl groups is 1. The lowest BCUT2D eigenvalue weighted by atomic mass is 10.2. The van der Waals surface area contributed by atoms with Crippen LogP contribution in [0.1, 0.15) is 31.6 Å². The average molecular weight is 334 g/mol. The normalized spacial score (nSPS) is 19.5. The van der Waals surface area contributed by atoms with Gasteiger partial charge in [-0.05, 0) is 13.0 Å². The maximum Gasteiger partial charge on any atom is 0.243 e. The number of rotatable bonds is 7. The van der Waals surface area contributed by atoms with E-state index in [-0.39, 0.29) is 6.04 Å². The second-order valence-corrected chi connectivity index (χ2v) is 6.30. The molecule has 24 heavy (non-hydrogen) atoms. The number of aromatic nitrogens is 4. The largest absolute Gasteiger partial charge is 0.390 e. The summed E-state index contributed by atoms with van der Waals surface area (Å²) in [5, 5.41) is 18.3. The second-order valence-electron chi connectivity index (χ2n) is 6.30. The highest BCUT2D eigenvalue weighted by Gasteiger charge is 2.26. The van der Waals surface area contributed by atoms with Crippen molar-refractivity contribution >= 4 is 0 Å². The van der Waals surface area contributed by atoms with Gasteiger partial charge in [0.2, 0.25) is 5.89 Å². The molecule has 0 radical (unpaired) electrons. The van der Waals surface area contributed by atoms with Crippen LogP contribution in [-0.2, 0) is 13.0 Å². The Kier molecular flexibility index (Phi) is 5.60. The van der Waals surface area contributed by atoms with Gasteiger partial charge < -0.3 is 9.63 Å². The summed E-state index contributed by atoms with van der Waals surface area (Å²) < 4.78 is 7.12. The minimum Gasteiger partial charge on any atom is -0.390 e. The number of hydrogen-bond acceptors (Lipinski definition) is 7. The van der Waals surface area contributed by atoms with E-state index in [9.17, 15) is 5.11 Å². The first-order valence-electron chi connectivity index (χ1n) is 8.60. The Morgan fingerprint density at radius 2 is 2.04 bits per heavy atom. The molecule has 0 spiro atoms. The predicted octanol–water partition coefficient (Wildman–Crippen LogP) is 0.568. The van der Waals surface area contributed by atoms with Crippen molar-refractivity contribution in [2.45, 2.75) is 39.0 Å². The standard InChI is InChI=1S/C16H26N6O2/c1-3-15-18-16(24-19-15)13(2)21-9-7-20(8-10-21)11-14(23)12-22-6-4-5-17-22/h4-6,13-14,23H,3,7-12H2,1-2H3. The number of aliphatic hydroxyl groups excluding tert-OH is 1. The molecule has 2 unspecified atom stereocenters. The lowest BCUT2D eigenvalue weighted by Crippen LogP contribution is -2.49. The van der Waals surface area contributed by atoms with Gasteiger partial charge in [-0.2, -0.15) is 10.1 Å². The number of nitrogens with zero attached hydrogens (tertiary/aromatic N) is 6. The highest BCUT2D eigenvalue weighted by molar-refractivity contribution is 4.93. The number of aryl methyl sites for hydroxylation is 1. The molecular weight excluding hydrogens is 308 g/mol. The zero-order chi connectivity index (χ0) is 16.9. The molecule has 1 aliphatic rings. The van der Waals surface area contributed by atoms with Crippen LogP contribution in [0.4, 0.5) is 0 Å². The number of β-amino-alcohol motifs (C(OH)–C–C–N with tert-alkyl or cyclic N) is 1. The van der Waals surface area contributed by atoms with Gasteiger partial charge in [0, 0.05) is 51.5 Å². The zero-order valence-corrected chi connectivity index (χ0v) is 14.4. The van der Waals surface area contributed by atoms with Crippen molar-refractivity contribution in [2.24, 2.45) is 0 Å². The summed E-state index contributed by atoms with van der Waals surface area (Å²) in [7, 11) is 0. The monoisotopic (exact) mass is 334 g/mol. The summed E-state index contributed by atoms with van der Waals surface area (Å²) in [5.41, 5.74) is 0. The maximum absolute atomic E-state index is 10.2. The van der Waals surface area contributed by atoms with E-state index in [1.54, 1.807) is 10.9 Å². The molecule has 0 saturated carbocycles. The summed E-state index contributed by atoms with van der Waals surface area (Å²) in [5.74, 6) is 1.45. The van der Waals surface area contributed by atoms with E-state index in [1.165, 1.54) is 0 Å². The van der Waals surface area contributed by atoms with E-state index < -0.39 is 6.10 Å². The predicted molar refractivity (Wildman–Crippen MR) is 88.3 cm³/mol. The molecule has 2 aromatic rings. The highest BCUT2D eigenvalue weighted by Crippen LogP contribution is 2.20. The van der Waals surface area contributed by atoms with E-state index in [0.29, 0.717) is 19.0 Å². The van der Waals surface area contributed by atoms with Crippen molar-refractivity contribution in [3.63, 3.8) is 0 Å². The van der Waals surface area contributed by atoms with Gasteiger partial charge in [0.15, 0.2) is 5.82 Å². The van der Waals surface area contributed by atoms with Gasteiger partial charge in [0.25, 0.3) is 0 Å². The molecule has 2 aromatic heterocycles. The first kappa shape index (κ1) is 17.1. The van der Waals surface area contributed by atoms with Crippen LogP contribution in [0, 0.1) is 0 Å². The average Bonchev–Trinajstić information content (AvgIpc) is 3.26. The van der Waals surface area contributed by atoms with Crippen LogP contribution in [0.25, 0.3) is 0 Å². The van der Waals surface area contributed by atoms with Crippen LogP contribution >= 0.6 is 0 Å². The number of piperazine rings is 1. The van der Waals surface area contributed by atoms with Gasteiger partial charge in [-0.3, -0.25) is 14.5 Å². The maximum atomic E-state index is 10.2. The molecule has 1 N–H and O–H groups in total. The second kappa shape index (κ2) is 7.87. The smallest absolute Gasteiger partial charge is 0.243 e. The van der Waals surface area contributed by atoms with Crippen molar-refractivity contribution in [2.75, 3.05) is 32.7 Å². The van der Waals surface area contributed by atoms with Gasteiger partial charge in [0.1, 0.15) is 0 Å². The van der Waals surface area contributed by atoms with Gasteiger partial charge in [-0.25, -0.2) is 0 Å². The molecule has 1 fully saturated rings. The molecule has 0 amide bonds. The molecule has 2 atom stereocenters. The van der Waals surface area contributed by atoms with Crippen molar-refractivity contribution in [1.82, 2.24) is 29.7 Å². The molecule has 1 saturated heterocycles. The molecule has 8 nitrogen and oxygen atoms in total. The van der Waals surface area contributed by atoms with E-state index in [0.717, 1.165) is 38.4 Å². The van der Waals surface area contributed by atoms with E-state index in [2.05, 4.69) is 32.0 Å². The zero-order valence-electron chi connectivity index (χ0n) is 14.4. The summed E-state index contributed by atoms with van der Waals surface area (Å²) >= 11 is 0. The van der Waals surface area contributed by atoms with E-state index in [4.69, 9.17) is 4.52 Å². The van der Waals surface area contributed by atoms with Crippen molar-refractivity contribution in [3.8, 4) is 0 Å². The minimum absolute atomic E-state index is 0.133. The molecule has 0 aliphatic carbocycles. The molecule has 132 valence electrons. The van der Waals surface area contributed by atoms with Crippen molar-refractivity contribution in [3.05, 3.63) is 30.2 Å². The fourth-order valence-electron chi connectivity index (χ4n) is 3.05. The van der Waals surface area contributed by atoms with Gasteiger partial charge in [0.05, 0.1) is 18.7 Å². The van der Waals surface area contributed by atoms with Crippen LogP contribution in [0.5, 0.6) is 0 Å². The Morgan fingerprint density at radius 1 is 1.25 bits per heavy atom. The molecule has 0 bridgehead atoms. The van der Waals surface area contributed by atoms with Crippen LogP contribution in [0.2, 0.25) is 0 Å². The van der Waals surface area contributed by atoms with E-state index in [1.807, 2.05) is 19.2 Å². The first-order valence-corrected chi connectivity index (χ1v) is 8.60. The van der Waals surface area contributed by atoms with Gasteiger partial charge in [-0.15, -0.1) is 0 Å². The van der Waals surface area contributed by atoms with Gasteiger partial charge >= 0.3 is 0 Å². The third-order valence-corrected chi connectivity index (χ3v) is 4.54. The van der Waals surface area contributed by atoms with Crippen molar-refractivity contribution < 1.29 is 9.63 Å². The summed E-state index contributed by atoms with van der Waals surface area (Å²) in [6, 6.07) is 2.00. The third kappa shape index (κ3) is 4.19. The third-order valence-electron chi connectivity index (χ3n) is 4.54. The van der Waals surface area contributed by atoms with Crippen LogP contribution < -0.4 is 0 Å². The molecule has 3 rings (SSSR count). The topological polar surface area (TPSA) is 83.5 Å².